The summed E-state index contributed by atoms with van der Waals surface area (Å²) >= 11 is 0. The van der Waals surface area contributed by atoms with Crippen LogP contribution in [0.25, 0.3) is 0 Å². The van der Waals surface area contributed by atoms with Crippen molar-refractivity contribution in [2.75, 3.05) is 35.9 Å². The lowest BCUT2D eigenvalue weighted by molar-refractivity contribution is 0.122. The van der Waals surface area contributed by atoms with Gasteiger partial charge in [0.1, 0.15) is 5.82 Å². The number of halogens is 1. The Balaban J connectivity index is 1.88. The molecule has 0 atom stereocenters. The first-order valence-electron chi connectivity index (χ1n) is 7.83. The van der Waals surface area contributed by atoms with E-state index in [0.29, 0.717) is 49.3 Å². The lowest BCUT2D eigenvalue weighted by atomic mass is 10.3. The molecule has 1 aromatic heterocycles. The van der Waals surface area contributed by atoms with Crippen molar-refractivity contribution in [1.29, 1.82) is 0 Å². The molecule has 134 valence electrons. The van der Waals surface area contributed by atoms with Crippen LogP contribution in [0.1, 0.15) is 11.4 Å². The number of ether oxygens (including phenoxy) is 1. The SMILES string of the molecule is Cc1nc(N2CCOCC2)nc(C)c1NS(=O)(=O)c1ccc(F)cc1. The third-order valence-corrected chi connectivity index (χ3v) is 5.28. The summed E-state index contributed by atoms with van der Waals surface area (Å²) in [4.78, 5) is 10.8. The quantitative estimate of drug-likeness (QED) is 0.889. The van der Waals surface area contributed by atoms with E-state index in [0.717, 1.165) is 12.1 Å². The van der Waals surface area contributed by atoms with Gasteiger partial charge in [0.05, 0.1) is 35.2 Å². The fraction of sp³-hybridized carbons (Fsp3) is 0.375. The second kappa shape index (κ2) is 6.93. The minimum Gasteiger partial charge on any atom is -0.378 e. The lowest BCUT2D eigenvalue weighted by Crippen LogP contribution is -2.37. The summed E-state index contributed by atoms with van der Waals surface area (Å²) in [6, 6.07) is 4.63. The van der Waals surface area contributed by atoms with E-state index in [1.807, 2.05) is 4.90 Å². The summed E-state index contributed by atoms with van der Waals surface area (Å²) in [5, 5.41) is 0. The van der Waals surface area contributed by atoms with E-state index in [4.69, 9.17) is 4.74 Å². The third-order valence-electron chi connectivity index (χ3n) is 3.91. The average Bonchev–Trinajstić information content (AvgIpc) is 2.59. The Hall–Kier alpha value is -2.26. The number of hydrogen-bond donors (Lipinski definition) is 1. The van der Waals surface area contributed by atoms with Crippen molar-refractivity contribution in [2.24, 2.45) is 0 Å². The van der Waals surface area contributed by atoms with Crippen LogP contribution in [0, 0.1) is 19.7 Å². The number of sulfonamides is 1. The van der Waals surface area contributed by atoms with E-state index >= 15 is 0 Å². The zero-order valence-electron chi connectivity index (χ0n) is 14.0. The molecule has 0 aliphatic carbocycles. The van der Waals surface area contributed by atoms with Crippen molar-refractivity contribution in [3.63, 3.8) is 0 Å². The molecule has 0 bridgehead atoms. The van der Waals surface area contributed by atoms with Gasteiger partial charge in [0.25, 0.3) is 10.0 Å². The van der Waals surface area contributed by atoms with Crippen molar-refractivity contribution < 1.29 is 17.5 Å². The van der Waals surface area contributed by atoms with Crippen molar-refractivity contribution in [3.05, 3.63) is 41.5 Å². The van der Waals surface area contributed by atoms with Crippen LogP contribution < -0.4 is 9.62 Å². The van der Waals surface area contributed by atoms with Gasteiger partial charge in [-0.15, -0.1) is 0 Å². The molecule has 0 radical (unpaired) electrons. The van der Waals surface area contributed by atoms with Crippen LogP contribution >= 0.6 is 0 Å². The second-order valence-electron chi connectivity index (χ2n) is 5.73. The van der Waals surface area contributed by atoms with E-state index in [1.54, 1.807) is 13.8 Å². The summed E-state index contributed by atoms with van der Waals surface area (Å²) < 4.78 is 45.8. The largest absolute Gasteiger partial charge is 0.378 e. The molecule has 1 fully saturated rings. The highest BCUT2D eigenvalue weighted by molar-refractivity contribution is 7.92. The van der Waals surface area contributed by atoms with E-state index in [-0.39, 0.29) is 4.90 Å². The first-order chi connectivity index (χ1) is 11.9. The van der Waals surface area contributed by atoms with Crippen molar-refractivity contribution in [1.82, 2.24) is 9.97 Å². The second-order valence-corrected chi connectivity index (χ2v) is 7.41. The van der Waals surface area contributed by atoms with Gasteiger partial charge < -0.3 is 9.64 Å². The van der Waals surface area contributed by atoms with Gasteiger partial charge in [0.2, 0.25) is 5.95 Å². The molecule has 0 unspecified atom stereocenters. The van der Waals surface area contributed by atoms with Gasteiger partial charge in [-0.1, -0.05) is 0 Å². The van der Waals surface area contributed by atoms with Crippen LogP contribution in [-0.4, -0.2) is 44.7 Å². The Morgan fingerprint density at radius 2 is 1.64 bits per heavy atom. The van der Waals surface area contributed by atoms with Crippen LogP contribution in [-0.2, 0) is 14.8 Å². The molecule has 1 aliphatic rings. The van der Waals surface area contributed by atoms with Gasteiger partial charge in [0.15, 0.2) is 0 Å². The molecular formula is C16H19FN4O3S. The smallest absolute Gasteiger partial charge is 0.262 e. The molecule has 2 heterocycles. The van der Waals surface area contributed by atoms with Gasteiger partial charge in [-0.3, -0.25) is 4.72 Å². The Morgan fingerprint density at radius 1 is 1.08 bits per heavy atom. The van der Waals surface area contributed by atoms with Gasteiger partial charge in [-0.25, -0.2) is 22.8 Å². The van der Waals surface area contributed by atoms with Gasteiger partial charge in [-0.2, -0.15) is 0 Å². The van der Waals surface area contributed by atoms with Crippen LogP contribution in [0.4, 0.5) is 16.0 Å². The van der Waals surface area contributed by atoms with Crippen LogP contribution in [0.2, 0.25) is 0 Å². The normalized spacial score (nSPS) is 15.2. The zero-order valence-corrected chi connectivity index (χ0v) is 14.8. The van der Waals surface area contributed by atoms with E-state index in [1.165, 1.54) is 12.1 Å². The maximum Gasteiger partial charge on any atom is 0.262 e. The fourth-order valence-electron chi connectivity index (χ4n) is 2.56. The summed E-state index contributed by atoms with van der Waals surface area (Å²) in [5.74, 6) is 0.0625. The standard InChI is InChI=1S/C16H19FN4O3S/c1-11-15(20-25(22,23)14-5-3-13(17)4-6-14)12(2)19-16(18-11)21-7-9-24-10-8-21/h3-6,20H,7-10H2,1-2H3. The summed E-state index contributed by atoms with van der Waals surface area (Å²) in [6.45, 7) is 6.06. The van der Waals surface area contributed by atoms with Gasteiger partial charge in [-0.05, 0) is 38.1 Å². The highest BCUT2D eigenvalue weighted by atomic mass is 32.2. The van der Waals surface area contributed by atoms with Crippen LogP contribution in [0.5, 0.6) is 0 Å². The number of hydrogen-bond acceptors (Lipinski definition) is 6. The molecule has 1 saturated heterocycles. The molecule has 0 amide bonds. The Bertz CT molecular complexity index is 842. The average molecular weight is 366 g/mol. The highest BCUT2D eigenvalue weighted by Crippen LogP contribution is 2.24. The predicted molar refractivity (Wildman–Crippen MR) is 91.7 cm³/mol. The molecule has 7 nitrogen and oxygen atoms in total. The third kappa shape index (κ3) is 3.88. The topological polar surface area (TPSA) is 84.4 Å². The molecule has 0 saturated carbocycles. The summed E-state index contributed by atoms with van der Waals surface area (Å²) in [7, 11) is -3.84. The van der Waals surface area contributed by atoms with Crippen molar-refractivity contribution >= 4 is 21.7 Å². The molecule has 0 spiro atoms. The fourth-order valence-corrected chi connectivity index (χ4v) is 3.73. The number of nitrogens with one attached hydrogen (secondary N) is 1. The van der Waals surface area contributed by atoms with Gasteiger partial charge >= 0.3 is 0 Å². The molecule has 9 heteroatoms. The number of rotatable bonds is 4. The van der Waals surface area contributed by atoms with E-state index in [9.17, 15) is 12.8 Å². The lowest BCUT2D eigenvalue weighted by Gasteiger charge is -2.27. The molecule has 1 N–H and O–H groups in total. The Kier molecular flexibility index (Phi) is 4.87. The molecule has 3 rings (SSSR count). The number of benzene rings is 1. The zero-order chi connectivity index (χ0) is 18.0. The van der Waals surface area contributed by atoms with Crippen LogP contribution in [0.15, 0.2) is 29.2 Å². The van der Waals surface area contributed by atoms with E-state index < -0.39 is 15.8 Å². The number of anilines is 2. The minimum absolute atomic E-state index is 0.0232. The summed E-state index contributed by atoms with van der Waals surface area (Å²) in [6.07, 6.45) is 0. The predicted octanol–water partition coefficient (Wildman–Crippen LogP) is 1.87. The monoisotopic (exact) mass is 366 g/mol. The molecule has 1 aliphatic heterocycles. The minimum atomic E-state index is -3.84. The number of aromatic nitrogens is 2. The summed E-state index contributed by atoms with van der Waals surface area (Å²) in [5.41, 5.74) is 1.39. The first kappa shape index (κ1) is 17.6. The number of morpholine rings is 1. The maximum atomic E-state index is 13.0. The van der Waals surface area contributed by atoms with Crippen molar-refractivity contribution in [2.45, 2.75) is 18.7 Å². The maximum absolute atomic E-state index is 13.0. The van der Waals surface area contributed by atoms with Gasteiger partial charge in [0, 0.05) is 13.1 Å². The number of aryl methyl sites for hydroxylation is 2. The Morgan fingerprint density at radius 3 is 2.20 bits per heavy atom. The Labute approximate surface area is 145 Å². The number of nitrogens with zero attached hydrogens (tertiary/aromatic N) is 3. The molecule has 1 aromatic carbocycles. The first-order valence-corrected chi connectivity index (χ1v) is 9.31. The van der Waals surface area contributed by atoms with Crippen molar-refractivity contribution in [3.8, 4) is 0 Å². The molecule has 2 aromatic rings. The molecule has 25 heavy (non-hydrogen) atoms. The molecular weight excluding hydrogens is 347 g/mol. The highest BCUT2D eigenvalue weighted by Gasteiger charge is 2.21. The van der Waals surface area contributed by atoms with E-state index in [2.05, 4.69) is 14.7 Å². The van der Waals surface area contributed by atoms with Crippen LogP contribution in [0.3, 0.4) is 0 Å².